The number of anilines is 1. The minimum Gasteiger partial charge on any atom is -0.320 e. The summed E-state index contributed by atoms with van der Waals surface area (Å²) >= 11 is 13.3. The Morgan fingerprint density at radius 1 is 1.04 bits per heavy atom. The zero-order valence-corrected chi connectivity index (χ0v) is 14.4. The first kappa shape index (κ1) is 15.3. The molecule has 1 aromatic heterocycles. The van der Waals surface area contributed by atoms with Gasteiger partial charge in [0.2, 0.25) is 5.13 Å². The number of aliphatic imine (C=N–C) groups is 1. The Morgan fingerprint density at radius 2 is 1.79 bits per heavy atom. The molecule has 0 saturated heterocycles. The first-order valence-electron chi connectivity index (χ1n) is 7.01. The predicted octanol–water partition coefficient (Wildman–Crippen LogP) is 5.19. The molecule has 1 N–H and O–H groups in total. The summed E-state index contributed by atoms with van der Waals surface area (Å²) in [6.07, 6.45) is 0. The molecule has 3 aromatic rings. The predicted molar refractivity (Wildman–Crippen MR) is 98.8 cm³/mol. The number of nitrogens with zero attached hydrogens (tertiary/aromatic N) is 2. The normalized spacial score (nSPS) is 14.8. The third-order valence-electron chi connectivity index (χ3n) is 3.54. The fraction of sp³-hybridized carbons (Fsp3) is 0. The third-order valence-corrected chi connectivity index (χ3v) is 4.76. The van der Waals surface area contributed by atoms with Gasteiger partial charge in [-0.05, 0) is 30.3 Å². The van der Waals surface area contributed by atoms with Crippen molar-refractivity contribution in [3.8, 4) is 11.3 Å². The number of hydrogen-bond donors (Lipinski definition) is 1. The van der Waals surface area contributed by atoms with Gasteiger partial charge in [-0.2, -0.15) is 0 Å². The van der Waals surface area contributed by atoms with Crippen LogP contribution in [0, 0.1) is 0 Å². The van der Waals surface area contributed by atoms with Gasteiger partial charge in [-0.3, -0.25) is 4.79 Å². The van der Waals surface area contributed by atoms with Crippen molar-refractivity contribution in [2.75, 3.05) is 5.32 Å². The lowest BCUT2D eigenvalue weighted by molar-refractivity contribution is -0.110. The number of halogens is 2. The number of rotatable bonds is 2. The first-order valence-corrected chi connectivity index (χ1v) is 8.65. The van der Waals surface area contributed by atoms with Gasteiger partial charge in [0.05, 0.1) is 11.4 Å². The van der Waals surface area contributed by atoms with Crippen LogP contribution >= 0.6 is 34.5 Å². The molecule has 118 valence electrons. The van der Waals surface area contributed by atoms with E-state index in [1.165, 1.54) is 11.3 Å². The summed E-state index contributed by atoms with van der Waals surface area (Å²) in [4.78, 5) is 21.0. The summed E-state index contributed by atoms with van der Waals surface area (Å²) < 4.78 is 0. The van der Waals surface area contributed by atoms with Crippen LogP contribution < -0.4 is 5.32 Å². The van der Waals surface area contributed by atoms with Crippen LogP contribution in [-0.4, -0.2) is 16.6 Å². The maximum absolute atomic E-state index is 12.1. The largest absolute Gasteiger partial charge is 0.320 e. The Labute approximate surface area is 151 Å². The molecular weight excluding hydrogens is 365 g/mol. The van der Waals surface area contributed by atoms with Gasteiger partial charge in [0.25, 0.3) is 5.91 Å². The van der Waals surface area contributed by atoms with Crippen molar-refractivity contribution in [3.63, 3.8) is 0 Å². The second kappa shape index (κ2) is 6.02. The molecule has 0 aliphatic carbocycles. The van der Waals surface area contributed by atoms with Crippen molar-refractivity contribution >= 4 is 57.0 Å². The van der Waals surface area contributed by atoms with E-state index in [9.17, 15) is 4.79 Å². The van der Waals surface area contributed by atoms with Crippen LogP contribution in [0.1, 0.15) is 5.56 Å². The lowest BCUT2D eigenvalue weighted by Crippen LogP contribution is -2.13. The quantitative estimate of drug-likeness (QED) is 0.671. The van der Waals surface area contributed by atoms with Crippen molar-refractivity contribution in [2.24, 2.45) is 4.99 Å². The van der Waals surface area contributed by atoms with Crippen LogP contribution in [0.2, 0.25) is 10.0 Å². The summed E-state index contributed by atoms with van der Waals surface area (Å²) in [6, 6.07) is 12.6. The number of amides is 1. The van der Waals surface area contributed by atoms with Crippen LogP contribution in [0.5, 0.6) is 0 Å². The van der Waals surface area contributed by atoms with Gasteiger partial charge in [0, 0.05) is 26.6 Å². The molecule has 2 heterocycles. The van der Waals surface area contributed by atoms with Crippen molar-refractivity contribution in [1.82, 2.24) is 4.98 Å². The topological polar surface area (TPSA) is 54.4 Å². The van der Waals surface area contributed by atoms with Crippen LogP contribution in [0.3, 0.4) is 0 Å². The Morgan fingerprint density at radius 3 is 2.58 bits per heavy atom. The highest BCUT2D eigenvalue weighted by molar-refractivity contribution is 7.13. The van der Waals surface area contributed by atoms with E-state index in [1.807, 2.05) is 29.6 Å². The average Bonchev–Trinajstić information content (AvgIpc) is 3.14. The molecule has 0 unspecified atom stereocenters. The maximum Gasteiger partial charge on any atom is 0.275 e. The van der Waals surface area contributed by atoms with E-state index in [1.54, 1.807) is 18.2 Å². The third kappa shape index (κ3) is 2.82. The molecule has 0 atom stereocenters. The van der Waals surface area contributed by atoms with Gasteiger partial charge in [0.1, 0.15) is 5.71 Å². The number of hydrogen-bond acceptors (Lipinski definition) is 4. The van der Waals surface area contributed by atoms with E-state index in [4.69, 9.17) is 23.2 Å². The van der Waals surface area contributed by atoms with Crippen molar-refractivity contribution in [1.29, 1.82) is 0 Å². The summed E-state index contributed by atoms with van der Waals surface area (Å²) in [7, 11) is 0. The SMILES string of the molecule is O=C1Nc2ccc(Cl)cc2/C1=N/c1nc(-c2ccc(Cl)cc2)cs1. The molecule has 2 aromatic carbocycles. The maximum atomic E-state index is 12.1. The smallest absolute Gasteiger partial charge is 0.275 e. The van der Waals surface area contributed by atoms with Crippen LogP contribution in [0.25, 0.3) is 11.3 Å². The minimum atomic E-state index is -0.254. The zero-order chi connectivity index (χ0) is 16.7. The minimum absolute atomic E-state index is 0.254. The monoisotopic (exact) mass is 373 g/mol. The Bertz CT molecular complexity index is 980. The molecule has 7 heteroatoms. The molecule has 1 aliphatic rings. The van der Waals surface area contributed by atoms with Crippen LogP contribution in [0.15, 0.2) is 52.8 Å². The van der Waals surface area contributed by atoms with Gasteiger partial charge in [0.15, 0.2) is 0 Å². The number of thiazole rings is 1. The summed E-state index contributed by atoms with van der Waals surface area (Å²) in [5.41, 5.74) is 3.46. The van der Waals surface area contributed by atoms with Gasteiger partial charge < -0.3 is 5.32 Å². The molecular formula is C17H9Cl2N3OS. The van der Waals surface area contributed by atoms with Crippen LogP contribution in [-0.2, 0) is 4.79 Å². The lowest BCUT2D eigenvalue weighted by atomic mass is 10.1. The van der Waals surface area contributed by atoms with Crippen LogP contribution in [0.4, 0.5) is 10.8 Å². The van der Waals surface area contributed by atoms with E-state index in [-0.39, 0.29) is 5.91 Å². The highest BCUT2D eigenvalue weighted by Gasteiger charge is 2.26. The average molecular weight is 374 g/mol. The molecule has 4 rings (SSSR count). The zero-order valence-electron chi connectivity index (χ0n) is 12.1. The number of aromatic nitrogens is 1. The first-order chi connectivity index (χ1) is 11.6. The number of fused-ring (bicyclic) bond motifs is 1. The number of benzene rings is 2. The molecule has 0 bridgehead atoms. The summed E-state index contributed by atoms with van der Waals surface area (Å²) in [5.74, 6) is -0.254. The van der Waals surface area contributed by atoms with Crippen molar-refractivity contribution in [3.05, 3.63) is 63.5 Å². The van der Waals surface area contributed by atoms with E-state index in [2.05, 4.69) is 15.3 Å². The molecule has 0 radical (unpaired) electrons. The Hall–Kier alpha value is -2.21. The number of carbonyl (C=O) groups excluding carboxylic acids is 1. The van der Waals surface area contributed by atoms with E-state index in [0.717, 1.165) is 11.3 Å². The summed E-state index contributed by atoms with van der Waals surface area (Å²) in [5, 5.41) is 6.41. The molecule has 1 aliphatic heterocycles. The Kier molecular flexibility index (Phi) is 3.84. The van der Waals surface area contributed by atoms with Crippen molar-refractivity contribution < 1.29 is 4.79 Å². The van der Waals surface area contributed by atoms with Crippen molar-refractivity contribution in [2.45, 2.75) is 0 Å². The summed E-state index contributed by atoms with van der Waals surface area (Å²) in [6.45, 7) is 0. The number of nitrogens with one attached hydrogen (secondary N) is 1. The lowest BCUT2D eigenvalue weighted by Gasteiger charge is -1.97. The van der Waals surface area contributed by atoms with E-state index < -0.39 is 0 Å². The fourth-order valence-corrected chi connectivity index (χ4v) is 3.40. The standard InChI is InChI=1S/C17H9Cl2N3OS/c18-10-3-1-9(2-4-10)14-8-24-17(21-14)22-15-12-7-11(19)5-6-13(12)20-16(15)23/h1-8H,(H,20,21,22,23). The van der Waals surface area contributed by atoms with Gasteiger partial charge in [-0.25, -0.2) is 9.98 Å². The molecule has 0 spiro atoms. The second-order valence-corrected chi connectivity index (χ2v) is 6.84. The van der Waals surface area contributed by atoms with E-state index in [0.29, 0.717) is 32.1 Å². The van der Waals surface area contributed by atoms with E-state index >= 15 is 0 Å². The van der Waals surface area contributed by atoms with Gasteiger partial charge in [-0.1, -0.05) is 35.3 Å². The molecule has 0 fully saturated rings. The molecule has 0 saturated carbocycles. The fourth-order valence-electron chi connectivity index (χ4n) is 2.40. The Balaban J connectivity index is 1.71. The molecule has 1 amide bonds. The molecule has 24 heavy (non-hydrogen) atoms. The second-order valence-electron chi connectivity index (χ2n) is 5.13. The molecule has 4 nitrogen and oxygen atoms in total. The highest BCUT2D eigenvalue weighted by atomic mass is 35.5. The van der Waals surface area contributed by atoms with Gasteiger partial charge in [-0.15, -0.1) is 11.3 Å². The highest BCUT2D eigenvalue weighted by Crippen LogP contribution is 2.31. The number of carbonyl (C=O) groups is 1. The van der Waals surface area contributed by atoms with Gasteiger partial charge >= 0.3 is 0 Å².